The summed E-state index contributed by atoms with van der Waals surface area (Å²) in [6.45, 7) is -0.249. The third-order valence-corrected chi connectivity index (χ3v) is 6.00. The first-order chi connectivity index (χ1) is 12.0. The lowest BCUT2D eigenvalue weighted by molar-refractivity contribution is -0.142. The molecule has 25 heavy (non-hydrogen) atoms. The average Bonchev–Trinajstić information content (AvgIpc) is 3.09. The van der Waals surface area contributed by atoms with E-state index in [2.05, 4.69) is 10.3 Å². The van der Waals surface area contributed by atoms with E-state index in [1.54, 1.807) is 18.2 Å². The van der Waals surface area contributed by atoms with Crippen LogP contribution in [0.5, 0.6) is 0 Å². The van der Waals surface area contributed by atoms with Gasteiger partial charge in [0.1, 0.15) is 6.54 Å². The monoisotopic (exact) mass is 377 g/mol. The van der Waals surface area contributed by atoms with Gasteiger partial charge in [0, 0.05) is 5.02 Å². The minimum absolute atomic E-state index is 0.207. The number of hydrogen-bond acceptors (Lipinski definition) is 5. The number of thiazole rings is 1. The molecule has 1 aliphatic carbocycles. The number of fused-ring (bicyclic) bond motifs is 2. The maximum Gasteiger partial charge on any atom is 0.246 e. The molecule has 130 valence electrons. The molecule has 0 spiro atoms. The normalized spacial score (nSPS) is 23.2. The van der Waals surface area contributed by atoms with Crippen LogP contribution in [0.4, 0.5) is 5.13 Å². The first-order valence-electron chi connectivity index (χ1n) is 8.24. The van der Waals surface area contributed by atoms with Gasteiger partial charge in [0.05, 0.1) is 22.1 Å². The van der Waals surface area contributed by atoms with Gasteiger partial charge >= 0.3 is 0 Å². The maximum absolute atomic E-state index is 12.4. The summed E-state index contributed by atoms with van der Waals surface area (Å²) >= 11 is 7.25. The Labute approximate surface area is 153 Å². The SMILES string of the molecule is O=C(CN1C(=O)[C@H]2CCCC[C@@H]2C1=O)Nc1nc2ccc(Cl)cc2s1. The highest BCUT2D eigenvalue weighted by Crippen LogP contribution is 2.38. The number of halogens is 1. The Morgan fingerprint density at radius 3 is 2.60 bits per heavy atom. The molecule has 1 saturated heterocycles. The second-order valence-corrected chi connectivity index (χ2v) is 7.91. The zero-order valence-electron chi connectivity index (χ0n) is 13.3. The molecule has 1 saturated carbocycles. The van der Waals surface area contributed by atoms with Crippen LogP contribution in [-0.4, -0.2) is 34.2 Å². The van der Waals surface area contributed by atoms with Crippen molar-refractivity contribution in [2.24, 2.45) is 11.8 Å². The zero-order valence-corrected chi connectivity index (χ0v) is 14.9. The molecule has 1 aromatic heterocycles. The molecule has 4 rings (SSSR count). The predicted molar refractivity (Wildman–Crippen MR) is 95.4 cm³/mol. The summed E-state index contributed by atoms with van der Waals surface area (Å²) in [5.41, 5.74) is 0.740. The molecule has 0 bridgehead atoms. The lowest BCUT2D eigenvalue weighted by atomic mass is 9.81. The number of carbonyl (C=O) groups is 3. The van der Waals surface area contributed by atoms with Gasteiger partial charge in [0.2, 0.25) is 17.7 Å². The second kappa shape index (κ2) is 6.38. The highest BCUT2D eigenvalue weighted by atomic mass is 35.5. The van der Waals surface area contributed by atoms with E-state index in [1.807, 2.05) is 0 Å². The molecule has 3 amide bonds. The van der Waals surface area contributed by atoms with E-state index in [0.717, 1.165) is 40.8 Å². The molecule has 2 atom stereocenters. The molecule has 0 unspecified atom stereocenters. The standard InChI is InChI=1S/C17H16ClN3O3S/c18-9-5-6-12-13(7-9)25-17(19-12)20-14(22)8-21-15(23)10-3-1-2-4-11(10)16(21)24/h5-7,10-11H,1-4,8H2,(H,19,20,22)/t10-,11-/m0/s1. The van der Waals surface area contributed by atoms with Crippen LogP contribution >= 0.6 is 22.9 Å². The Balaban J connectivity index is 1.46. The number of aromatic nitrogens is 1. The molecular weight excluding hydrogens is 362 g/mol. The minimum Gasteiger partial charge on any atom is -0.300 e. The first kappa shape index (κ1) is 16.5. The summed E-state index contributed by atoms with van der Waals surface area (Å²) in [6, 6.07) is 5.29. The molecule has 6 nitrogen and oxygen atoms in total. The first-order valence-corrected chi connectivity index (χ1v) is 9.43. The van der Waals surface area contributed by atoms with Gasteiger partial charge in [-0.1, -0.05) is 35.8 Å². The predicted octanol–water partition coefficient (Wildman–Crippen LogP) is 3.06. The third kappa shape index (κ3) is 3.02. The number of benzene rings is 1. The van der Waals surface area contributed by atoms with Gasteiger partial charge in [0.25, 0.3) is 0 Å². The van der Waals surface area contributed by atoms with Crippen LogP contribution in [0.3, 0.4) is 0 Å². The van der Waals surface area contributed by atoms with Crippen LogP contribution in [0.2, 0.25) is 5.02 Å². The number of hydrogen-bond donors (Lipinski definition) is 1. The van der Waals surface area contributed by atoms with Crippen LogP contribution in [0.25, 0.3) is 10.2 Å². The lowest BCUT2D eigenvalue weighted by Crippen LogP contribution is -2.38. The molecule has 0 radical (unpaired) electrons. The largest absolute Gasteiger partial charge is 0.300 e. The van der Waals surface area contributed by atoms with Crippen molar-refractivity contribution in [3.05, 3.63) is 23.2 Å². The molecule has 2 aromatic rings. The number of carbonyl (C=O) groups excluding carboxylic acids is 3. The number of likely N-dealkylation sites (tertiary alicyclic amines) is 1. The number of amides is 3. The summed E-state index contributed by atoms with van der Waals surface area (Å²) < 4.78 is 0.863. The van der Waals surface area contributed by atoms with Gasteiger partial charge in [-0.05, 0) is 31.0 Å². The van der Waals surface area contributed by atoms with Crippen molar-refractivity contribution in [2.75, 3.05) is 11.9 Å². The van der Waals surface area contributed by atoms with Gasteiger partial charge in [-0.2, -0.15) is 0 Å². The van der Waals surface area contributed by atoms with Crippen molar-refractivity contribution < 1.29 is 14.4 Å². The molecule has 1 N–H and O–H groups in total. The Kier molecular flexibility index (Phi) is 4.21. The Hall–Kier alpha value is -1.99. The van der Waals surface area contributed by atoms with Gasteiger partial charge in [0.15, 0.2) is 5.13 Å². The maximum atomic E-state index is 12.4. The number of nitrogens with zero attached hydrogens (tertiary/aromatic N) is 2. The summed E-state index contributed by atoms with van der Waals surface area (Å²) in [5.74, 6) is -1.30. The van der Waals surface area contributed by atoms with Crippen molar-refractivity contribution in [1.82, 2.24) is 9.88 Å². The quantitative estimate of drug-likeness (QED) is 0.834. The lowest BCUT2D eigenvalue weighted by Gasteiger charge is -2.19. The van der Waals surface area contributed by atoms with Crippen LogP contribution in [0, 0.1) is 11.8 Å². The molecule has 8 heteroatoms. The number of imide groups is 1. The van der Waals surface area contributed by atoms with Crippen LogP contribution < -0.4 is 5.32 Å². The fraction of sp³-hybridized carbons (Fsp3) is 0.412. The topological polar surface area (TPSA) is 79.4 Å². The van der Waals surface area contributed by atoms with Gasteiger partial charge < -0.3 is 5.32 Å². The highest BCUT2D eigenvalue weighted by Gasteiger charge is 2.48. The Morgan fingerprint density at radius 2 is 1.92 bits per heavy atom. The summed E-state index contributed by atoms with van der Waals surface area (Å²) in [5, 5.41) is 3.71. The van der Waals surface area contributed by atoms with Crippen molar-refractivity contribution in [3.8, 4) is 0 Å². The molecule has 2 fully saturated rings. The Bertz CT molecular complexity index is 857. The van der Waals surface area contributed by atoms with Crippen LogP contribution in [0.15, 0.2) is 18.2 Å². The molecule has 1 aliphatic heterocycles. The third-order valence-electron chi connectivity index (χ3n) is 4.83. The fourth-order valence-corrected chi connectivity index (χ4v) is 4.80. The molecule has 2 aliphatic rings. The highest BCUT2D eigenvalue weighted by molar-refractivity contribution is 7.22. The molecular formula is C17H16ClN3O3S. The van der Waals surface area contributed by atoms with Crippen molar-refractivity contribution >= 4 is 56.0 Å². The van der Waals surface area contributed by atoms with Crippen molar-refractivity contribution in [2.45, 2.75) is 25.7 Å². The number of rotatable bonds is 3. The van der Waals surface area contributed by atoms with Crippen LogP contribution in [-0.2, 0) is 14.4 Å². The van der Waals surface area contributed by atoms with E-state index in [4.69, 9.17) is 11.6 Å². The fourth-order valence-electron chi connectivity index (χ4n) is 3.64. The van der Waals surface area contributed by atoms with Crippen LogP contribution in [0.1, 0.15) is 25.7 Å². The van der Waals surface area contributed by atoms with Gasteiger partial charge in [-0.3, -0.25) is 19.3 Å². The van der Waals surface area contributed by atoms with Gasteiger partial charge in [-0.25, -0.2) is 4.98 Å². The second-order valence-electron chi connectivity index (χ2n) is 6.44. The van der Waals surface area contributed by atoms with Crippen molar-refractivity contribution in [1.29, 1.82) is 0 Å². The van der Waals surface area contributed by atoms with Gasteiger partial charge in [-0.15, -0.1) is 0 Å². The van der Waals surface area contributed by atoms with E-state index in [9.17, 15) is 14.4 Å². The molecule has 2 heterocycles. The summed E-state index contributed by atoms with van der Waals surface area (Å²) in [6.07, 6.45) is 3.42. The van der Waals surface area contributed by atoms with E-state index in [-0.39, 0.29) is 30.2 Å². The molecule has 1 aromatic carbocycles. The average molecular weight is 378 g/mol. The zero-order chi connectivity index (χ0) is 17.6. The van der Waals surface area contributed by atoms with E-state index < -0.39 is 5.91 Å². The van der Waals surface area contributed by atoms with Crippen molar-refractivity contribution in [3.63, 3.8) is 0 Å². The minimum atomic E-state index is -0.412. The van der Waals surface area contributed by atoms with E-state index in [1.165, 1.54) is 11.3 Å². The summed E-state index contributed by atoms with van der Waals surface area (Å²) in [7, 11) is 0. The summed E-state index contributed by atoms with van der Waals surface area (Å²) in [4.78, 5) is 42.5. The van der Waals surface area contributed by atoms with E-state index in [0.29, 0.717) is 10.2 Å². The smallest absolute Gasteiger partial charge is 0.246 e. The number of nitrogens with one attached hydrogen (secondary N) is 1. The Morgan fingerprint density at radius 1 is 1.24 bits per heavy atom. The van der Waals surface area contributed by atoms with E-state index >= 15 is 0 Å². The number of anilines is 1.